The summed E-state index contributed by atoms with van der Waals surface area (Å²) in [5.74, 6) is -0.916. The minimum Gasteiger partial charge on any atom is -0.369 e. The van der Waals surface area contributed by atoms with Crippen LogP contribution in [0.5, 0.6) is 0 Å². The number of primary amides is 1. The number of anilines is 1. The van der Waals surface area contributed by atoms with Crippen LogP contribution in [0.15, 0.2) is 57.3 Å². The second-order valence-electron chi connectivity index (χ2n) is 7.86. The van der Waals surface area contributed by atoms with Crippen LogP contribution in [0, 0.1) is 13.8 Å². The first-order valence-corrected chi connectivity index (χ1v) is 12.5. The second kappa shape index (κ2) is 9.47. The molecule has 34 heavy (non-hydrogen) atoms. The van der Waals surface area contributed by atoms with Crippen LogP contribution in [0.1, 0.15) is 29.5 Å². The Kier molecular flexibility index (Phi) is 6.63. The molecule has 0 fully saturated rings. The number of nitrogens with zero attached hydrogens (tertiary/aromatic N) is 4. The Morgan fingerprint density at radius 1 is 1.21 bits per heavy atom. The summed E-state index contributed by atoms with van der Waals surface area (Å²) in [6.07, 6.45) is 2.19. The van der Waals surface area contributed by atoms with Crippen LogP contribution in [0.2, 0.25) is 0 Å². The number of hydrogen-bond donors (Lipinski definition) is 1. The highest BCUT2D eigenvalue weighted by molar-refractivity contribution is 8.15. The predicted molar refractivity (Wildman–Crippen MR) is 139 cm³/mol. The van der Waals surface area contributed by atoms with E-state index in [2.05, 4.69) is 4.99 Å². The van der Waals surface area contributed by atoms with Gasteiger partial charge in [0.05, 0.1) is 16.6 Å². The summed E-state index contributed by atoms with van der Waals surface area (Å²) >= 11 is 2.60. The number of hydrogen-bond acceptors (Lipinski definition) is 6. The molecule has 4 rings (SSSR count). The summed E-state index contributed by atoms with van der Waals surface area (Å²) in [7, 11) is 1.77. The van der Waals surface area contributed by atoms with E-state index in [4.69, 9.17) is 5.73 Å². The number of para-hydroxylation sites is 1. The summed E-state index contributed by atoms with van der Waals surface area (Å²) < 4.78 is 3.22. The number of nitrogens with two attached hydrogens (primary N) is 1. The fourth-order valence-corrected chi connectivity index (χ4v) is 5.53. The maximum absolute atomic E-state index is 13.6. The molecule has 0 saturated heterocycles. The molecule has 0 saturated carbocycles. The van der Waals surface area contributed by atoms with Crippen LogP contribution in [0.3, 0.4) is 0 Å². The Hall–Kier alpha value is -3.37. The van der Waals surface area contributed by atoms with E-state index in [0.29, 0.717) is 17.8 Å². The van der Waals surface area contributed by atoms with Crippen LogP contribution in [0.4, 0.5) is 5.69 Å². The van der Waals surface area contributed by atoms with Crippen LogP contribution in [0.25, 0.3) is 11.8 Å². The average Bonchev–Trinajstić information content (AvgIpc) is 3.42. The molecule has 0 radical (unpaired) electrons. The molecule has 2 N–H and O–H groups in total. The van der Waals surface area contributed by atoms with Gasteiger partial charge in [-0.25, -0.2) is 14.6 Å². The van der Waals surface area contributed by atoms with Gasteiger partial charge in [0, 0.05) is 11.9 Å². The molecule has 2 aromatic heterocycles. The van der Waals surface area contributed by atoms with Gasteiger partial charge < -0.3 is 5.73 Å². The summed E-state index contributed by atoms with van der Waals surface area (Å²) in [6, 6.07) is 11.2. The predicted octanol–water partition coefficient (Wildman–Crippen LogP) is 3.60. The highest BCUT2D eigenvalue weighted by Gasteiger charge is 2.38. The molecular formula is C24H25N5O3S2. The zero-order valence-corrected chi connectivity index (χ0v) is 20.9. The number of rotatable bonds is 6. The number of amides is 2. The molecule has 1 aromatic carbocycles. The topological polar surface area (TPSA) is 103 Å². The van der Waals surface area contributed by atoms with Crippen molar-refractivity contribution >= 4 is 51.8 Å². The van der Waals surface area contributed by atoms with Crippen LogP contribution < -0.4 is 16.2 Å². The molecular weight excluding hydrogens is 470 g/mol. The Labute approximate surface area is 205 Å². The van der Waals surface area contributed by atoms with Gasteiger partial charge >= 0.3 is 0 Å². The van der Waals surface area contributed by atoms with Gasteiger partial charge in [-0.1, -0.05) is 36.9 Å². The maximum atomic E-state index is 13.6. The lowest BCUT2D eigenvalue weighted by Crippen LogP contribution is -2.37. The summed E-state index contributed by atoms with van der Waals surface area (Å²) in [6.45, 7) is 5.58. The van der Waals surface area contributed by atoms with Crippen molar-refractivity contribution < 1.29 is 9.59 Å². The number of thioether (sulfide) groups is 1. The lowest BCUT2D eigenvalue weighted by atomic mass is 10.2. The molecule has 1 unspecified atom stereocenters. The standard InChI is InChI=1S/C24H25N5O3S2/c1-5-18(21(25)30)34-24-26-17(13-19-14(2)11-12-33-19)22(31)28(24)20-15(3)27(4)29(23(20)32)16-9-7-6-8-10-16/h6-13,18H,5H2,1-4H3,(H2,25,30)/b17-13+. The second-order valence-corrected chi connectivity index (χ2v) is 9.98. The van der Waals surface area contributed by atoms with E-state index in [1.165, 1.54) is 20.9 Å². The normalized spacial score (nSPS) is 15.8. The van der Waals surface area contributed by atoms with E-state index >= 15 is 0 Å². The van der Waals surface area contributed by atoms with Gasteiger partial charge in [-0.3, -0.25) is 19.1 Å². The smallest absolute Gasteiger partial charge is 0.296 e. The molecule has 10 heteroatoms. The van der Waals surface area contributed by atoms with Crippen molar-refractivity contribution in [2.45, 2.75) is 32.4 Å². The number of aliphatic imine (C=N–C) groups is 1. The summed E-state index contributed by atoms with van der Waals surface area (Å²) in [5, 5.41) is 1.62. The molecule has 3 aromatic rings. The number of amidine groups is 1. The van der Waals surface area contributed by atoms with Crippen molar-refractivity contribution in [1.29, 1.82) is 0 Å². The number of benzene rings is 1. The van der Waals surface area contributed by atoms with E-state index in [9.17, 15) is 14.4 Å². The van der Waals surface area contributed by atoms with Crippen molar-refractivity contribution in [3.05, 3.63) is 74.0 Å². The van der Waals surface area contributed by atoms with Crippen LogP contribution in [-0.4, -0.2) is 31.6 Å². The third-order valence-electron chi connectivity index (χ3n) is 5.68. The average molecular weight is 496 g/mol. The van der Waals surface area contributed by atoms with Gasteiger partial charge in [-0.15, -0.1) is 11.3 Å². The number of aryl methyl sites for hydroxylation is 1. The Morgan fingerprint density at radius 2 is 1.91 bits per heavy atom. The largest absolute Gasteiger partial charge is 0.369 e. The lowest BCUT2D eigenvalue weighted by Gasteiger charge is -2.18. The van der Waals surface area contributed by atoms with E-state index in [0.717, 1.165) is 22.2 Å². The van der Waals surface area contributed by atoms with Gasteiger partial charge in [-0.05, 0) is 55.5 Å². The van der Waals surface area contributed by atoms with Gasteiger partial charge in [0.15, 0.2) is 5.17 Å². The molecule has 2 amide bonds. The lowest BCUT2D eigenvalue weighted by molar-refractivity contribution is -0.117. The van der Waals surface area contributed by atoms with Crippen molar-refractivity contribution in [2.24, 2.45) is 17.8 Å². The fourth-order valence-electron chi connectivity index (χ4n) is 3.71. The van der Waals surface area contributed by atoms with Gasteiger partial charge in [-0.2, -0.15) is 0 Å². The molecule has 0 bridgehead atoms. The SMILES string of the molecule is CCC(SC1=N/C(=C/c2sccc2C)C(=O)N1c1c(C)n(C)n(-c2ccccc2)c1=O)C(N)=O. The quantitative estimate of drug-likeness (QED) is 0.528. The Balaban J connectivity index is 1.87. The third-order valence-corrected chi connectivity index (χ3v) is 7.98. The highest BCUT2D eigenvalue weighted by Crippen LogP contribution is 2.33. The molecule has 176 valence electrons. The minimum absolute atomic E-state index is 0.202. The van der Waals surface area contributed by atoms with E-state index in [-0.39, 0.29) is 22.1 Å². The molecule has 0 spiro atoms. The first-order chi connectivity index (χ1) is 16.2. The molecule has 8 nitrogen and oxygen atoms in total. The minimum atomic E-state index is -0.586. The molecule has 0 aliphatic carbocycles. The van der Waals surface area contributed by atoms with E-state index in [1.54, 1.807) is 24.7 Å². The summed E-state index contributed by atoms with van der Waals surface area (Å²) in [4.78, 5) is 46.0. The van der Waals surface area contributed by atoms with Crippen molar-refractivity contribution in [3.8, 4) is 5.69 Å². The summed E-state index contributed by atoms with van der Waals surface area (Å²) in [5.41, 5.74) is 7.93. The van der Waals surface area contributed by atoms with E-state index < -0.39 is 17.1 Å². The number of aromatic nitrogens is 2. The number of carbonyl (C=O) groups is 2. The molecule has 1 aliphatic rings. The van der Waals surface area contributed by atoms with Crippen molar-refractivity contribution in [2.75, 3.05) is 4.90 Å². The monoisotopic (exact) mass is 495 g/mol. The van der Waals surface area contributed by atoms with Crippen molar-refractivity contribution in [1.82, 2.24) is 9.36 Å². The highest BCUT2D eigenvalue weighted by atomic mass is 32.2. The number of carbonyl (C=O) groups excluding carboxylic acids is 2. The zero-order chi connectivity index (χ0) is 24.6. The Bertz CT molecular complexity index is 1380. The molecule has 1 atom stereocenters. The van der Waals surface area contributed by atoms with Gasteiger partial charge in [0.1, 0.15) is 11.4 Å². The molecule has 3 heterocycles. The van der Waals surface area contributed by atoms with Crippen molar-refractivity contribution in [3.63, 3.8) is 0 Å². The van der Waals surface area contributed by atoms with Gasteiger partial charge in [0.25, 0.3) is 11.5 Å². The first-order valence-electron chi connectivity index (χ1n) is 10.7. The van der Waals surface area contributed by atoms with Gasteiger partial charge in [0.2, 0.25) is 5.91 Å². The van der Waals surface area contributed by atoms with E-state index in [1.807, 2.05) is 55.6 Å². The Morgan fingerprint density at radius 3 is 2.50 bits per heavy atom. The van der Waals surface area contributed by atoms with Crippen LogP contribution in [-0.2, 0) is 16.6 Å². The third kappa shape index (κ3) is 4.14. The van der Waals surface area contributed by atoms with Crippen LogP contribution >= 0.6 is 23.1 Å². The molecule has 1 aliphatic heterocycles. The number of thiophene rings is 1. The zero-order valence-electron chi connectivity index (χ0n) is 19.3. The first kappa shape index (κ1) is 23.8. The maximum Gasteiger partial charge on any atom is 0.296 e. The fraction of sp³-hybridized carbons (Fsp3) is 0.250.